The van der Waals surface area contributed by atoms with Crippen molar-refractivity contribution in [2.75, 3.05) is 0 Å². The predicted octanol–water partition coefficient (Wildman–Crippen LogP) is 4.01. The van der Waals surface area contributed by atoms with Crippen molar-refractivity contribution in [1.29, 1.82) is 0 Å². The molecule has 6 nitrogen and oxygen atoms in total. The molecule has 3 rings (SSSR count). The summed E-state index contributed by atoms with van der Waals surface area (Å²) in [6, 6.07) is 17.8. The number of carbonyl (C=O) groups is 1. The Kier molecular flexibility index (Phi) is 6.52. The lowest BCUT2D eigenvalue weighted by molar-refractivity contribution is 0.0944. The summed E-state index contributed by atoms with van der Waals surface area (Å²) in [7, 11) is 0. The highest BCUT2D eigenvalue weighted by molar-refractivity contribution is 7.80. The van der Waals surface area contributed by atoms with Crippen LogP contribution in [-0.2, 0) is 6.42 Å². The summed E-state index contributed by atoms with van der Waals surface area (Å²) >= 11 is 5.25. The molecule has 0 bridgehead atoms. The fourth-order valence-electron chi connectivity index (χ4n) is 2.92. The van der Waals surface area contributed by atoms with E-state index >= 15 is 0 Å². The molecule has 0 saturated carbocycles. The zero-order valence-corrected chi connectivity index (χ0v) is 18.5. The summed E-state index contributed by atoms with van der Waals surface area (Å²) in [6.45, 7) is 8.08. The summed E-state index contributed by atoms with van der Waals surface area (Å²) in [5.74, 6) is -0.315. The molecule has 0 aliphatic heterocycles. The highest BCUT2D eigenvalue weighted by Crippen LogP contribution is 2.24. The van der Waals surface area contributed by atoms with E-state index in [0.29, 0.717) is 16.4 Å². The van der Waals surface area contributed by atoms with Gasteiger partial charge in [-0.2, -0.15) is 5.10 Å². The van der Waals surface area contributed by atoms with Crippen molar-refractivity contribution in [3.63, 3.8) is 0 Å². The van der Waals surface area contributed by atoms with Gasteiger partial charge in [-0.05, 0) is 57.1 Å². The van der Waals surface area contributed by atoms with Gasteiger partial charge in [0, 0.05) is 17.3 Å². The molecule has 2 aromatic carbocycles. The van der Waals surface area contributed by atoms with E-state index in [1.54, 1.807) is 10.9 Å². The summed E-state index contributed by atoms with van der Waals surface area (Å²) in [5, 5.41) is 8.14. The third-order valence-corrected chi connectivity index (χ3v) is 4.60. The Morgan fingerprint density at radius 2 is 1.70 bits per heavy atom. The van der Waals surface area contributed by atoms with Gasteiger partial charge in [-0.25, -0.2) is 4.68 Å². The molecule has 0 aliphatic carbocycles. The van der Waals surface area contributed by atoms with E-state index in [0.717, 1.165) is 17.7 Å². The molecule has 3 aromatic rings. The lowest BCUT2D eigenvalue weighted by atomic mass is 10.0. The molecule has 3 N–H and O–H groups in total. The molecule has 1 amide bonds. The lowest BCUT2D eigenvalue weighted by Crippen LogP contribution is -2.52. The molecule has 0 fully saturated rings. The average molecular weight is 422 g/mol. The number of nitrogens with zero attached hydrogens (tertiary/aromatic N) is 2. The minimum absolute atomic E-state index is 0.209. The van der Waals surface area contributed by atoms with Crippen LogP contribution < -0.4 is 16.2 Å². The summed E-state index contributed by atoms with van der Waals surface area (Å²) in [5.41, 5.74) is 9.27. The first-order valence-electron chi connectivity index (χ1n) is 9.90. The first-order chi connectivity index (χ1) is 14.3. The van der Waals surface area contributed by atoms with Crippen LogP contribution in [0.15, 0.2) is 60.8 Å². The summed E-state index contributed by atoms with van der Waals surface area (Å²) < 4.78 is 1.71. The fraction of sp³-hybridized carbons (Fsp3) is 0.261. The van der Waals surface area contributed by atoms with Gasteiger partial charge in [0.05, 0.1) is 11.3 Å². The fourth-order valence-corrected chi connectivity index (χ4v) is 3.27. The monoisotopic (exact) mass is 421 g/mol. The molecule has 156 valence electrons. The first-order valence-corrected chi connectivity index (χ1v) is 10.3. The predicted molar refractivity (Wildman–Crippen MR) is 124 cm³/mol. The number of aromatic nitrogens is 2. The molecule has 0 spiro atoms. The summed E-state index contributed by atoms with van der Waals surface area (Å²) in [6.07, 6.45) is 2.68. The number of hydrogen-bond acceptors (Lipinski definition) is 3. The SMILES string of the molecule is CCc1ccc(-c2nn(-c3ccccc3)cc2C(=O)NNC(=S)NC(C)(C)C)cc1. The molecule has 1 heterocycles. The van der Waals surface area contributed by atoms with Crippen molar-refractivity contribution in [2.24, 2.45) is 0 Å². The van der Waals surface area contributed by atoms with Gasteiger partial charge in [-0.1, -0.05) is 49.4 Å². The number of amides is 1. The second-order valence-corrected chi connectivity index (χ2v) is 8.41. The van der Waals surface area contributed by atoms with Crippen molar-refractivity contribution in [3.05, 3.63) is 71.9 Å². The van der Waals surface area contributed by atoms with Gasteiger partial charge >= 0.3 is 0 Å². The van der Waals surface area contributed by atoms with Crippen LogP contribution in [-0.4, -0.2) is 26.3 Å². The van der Waals surface area contributed by atoms with E-state index < -0.39 is 0 Å². The third kappa shape index (κ3) is 5.45. The first kappa shape index (κ1) is 21.5. The van der Waals surface area contributed by atoms with Gasteiger partial charge < -0.3 is 5.32 Å². The standard InChI is InChI=1S/C23H27N5OS/c1-5-16-11-13-17(14-12-16)20-19(15-28(27-20)18-9-7-6-8-10-18)21(29)25-26-22(30)24-23(2,3)4/h6-15H,5H2,1-4H3,(H,25,29)(H2,24,26,30). The Labute approximate surface area is 182 Å². The molecule has 0 atom stereocenters. The zero-order chi connectivity index (χ0) is 21.7. The Balaban J connectivity index is 1.90. The number of benzene rings is 2. The second kappa shape index (κ2) is 9.09. The van der Waals surface area contributed by atoms with Gasteiger partial charge in [0.1, 0.15) is 5.69 Å². The van der Waals surface area contributed by atoms with Crippen molar-refractivity contribution in [2.45, 2.75) is 39.7 Å². The lowest BCUT2D eigenvalue weighted by Gasteiger charge is -2.23. The van der Waals surface area contributed by atoms with E-state index in [-0.39, 0.29) is 11.4 Å². The molecule has 0 unspecified atom stereocenters. The number of hydrogen-bond donors (Lipinski definition) is 3. The largest absolute Gasteiger partial charge is 0.357 e. The van der Waals surface area contributed by atoms with E-state index in [9.17, 15) is 4.79 Å². The van der Waals surface area contributed by atoms with Crippen LogP contribution >= 0.6 is 12.2 Å². The number of thiocarbonyl (C=S) groups is 1. The Morgan fingerprint density at radius 3 is 2.30 bits per heavy atom. The average Bonchev–Trinajstić information content (AvgIpc) is 3.17. The Morgan fingerprint density at radius 1 is 1.03 bits per heavy atom. The van der Waals surface area contributed by atoms with Gasteiger partial charge in [0.15, 0.2) is 5.11 Å². The maximum absolute atomic E-state index is 13.0. The smallest absolute Gasteiger partial charge is 0.273 e. The quantitative estimate of drug-likeness (QED) is 0.439. The van der Waals surface area contributed by atoms with Gasteiger partial charge in [0.25, 0.3) is 5.91 Å². The van der Waals surface area contributed by atoms with Crippen molar-refractivity contribution in [1.82, 2.24) is 25.9 Å². The number of hydrazine groups is 1. The minimum atomic E-state index is -0.315. The number of nitrogens with one attached hydrogen (secondary N) is 3. The maximum Gasteiger partial charge on any atom is 0.273 e. The van der Waals surface area contributed by atoms with Gasteiger partial charge in [0.2, 0.25) is 0 Å². The molecule has 30 heavy (non-hydrogen) atoms. The Bertz CT molecular complexity index is 1020. The minimum Gasteiger partial charge on any atom is -0.357 e. The molecule has 7 heteroatoms. The molecule has 0 radical (unpaired) electrons. The Hall–Kier alpha value is -3.19. The van der Waals surface area contributed by atoms with Crippen LogP contribution in [0.2, 0.25) is 0 Å². The molecular formula is C23H27N5OS. The van der Waals surface area contributed by atoms with Crippen molar-refractivity contribution < 1.29 is 4.79 Å². The highest BCUT2D eigenvalue weighted by Gasteiger charge is 2.19. The van der Waals surface area contributed by atoms with E-state index in [1.165, 1.54) is 5.56 Å². The van der Waals surface area contributed by atoms with E-state index in [2.05, 4.69) is 35.2 Å². The number of para-hydroxylation sites is 1. The number of rotatable bonds is 4. The van der Waals surface area contributed by atoms with Crippen LogP contribution in [0.4, 0.5) is 0 Å². The van der Waals surface area contributed by atoms with Gasteiger partial charge in [-0.3, -0.25) is 15.6 Å². The van der Waals surface area contributed by atoms with Crippen LogP contribution in [0.25, 0.3) is 16.9 Å². The highest BCUT2D eigenvalue weighted by atomic mass is 32.1. The maximum atomic E-state index is 13.0. The zero-order valence-electron chi connectivity index (χ0n) is 17.7. The summed E-state index contributed by atoms with van der Waals surface area (Å²) in [4.78, 5) is 13.0. The van der Waals surface area contributed by atoms with E-state index in [4.69, 9.17) is 17.3 Å². The molecule has 0 saturated heterocycles. The number of aryl methyl sites for hydroxylation is 1. The van der Waals surface area contributed by atoms with Gasteiger partial charge in [-0.15, -0.1) is 0 Å². The number of carbonyl (C=O) groups excluding carboxylic acids is 1. The topological polar surface area (TPSA) is 71.0 Å². The normalized spacial score (nSPS) is 11.1. The molecular weight excluding hydrogens is 394 g/mol. The van der Waals surface area contributed by atoms with E-state index in [1.807, 2.05) is 63.2 Å². The van der Waals surface area contributed by atoms with Crippen molar-refractivity contribution in [3.8, 4) is 16.9 Å². The molecule has 1 aromatic heterocycles. The van der Waals surface area contributed by atoms with Crippen molar-refractivity contribution >= 4 is 23.2 Å². The van der Waals surface area contributed by atoms with Crippen LogP contribution in [0.3, 0.4) is 0 Å². The van der Waals surface area contributed by atoms with Crippen LogP contribution in [0.5, 0.6) is 0 Å². The second-order valence-electron chi connectivity index (χ2n) is 8.01. The van der Waals surface area contributed by atoms with Crippen LogP contribution in [0.1, 0.15) is 43.6 Å². The third-order valence-electron chi connectivity index (χ3n) is 4.39. The molecule has 0 aliphatic rings. The van der Waals surface area contributed by atoms with Crippen LogP contribution in [0, 0.1) is 0 Å².